The van der Waals surface area contributed by atoms with Gasteiger partial charge in [-0.1, -0.05) is 24.3 Å². The van der Waals surface area contributed by atoms with E-state index in [9.17, 15) is 37.9 Å². The Morgan fingerprint density at radius 3 is 2.04 bits per heavy atom. The van der Waals surface area contributed by atoms with Crippen molar-refractivity contribution in [3.05, 3.63) is 135 Å². The predicted octanol–water partition coefficient (Wildman–Crippen LogP) is 8.86. The molecule has 0 aliphatic heterocycles. The van der Waals surface area contributed by atoms with Gasteiger partial charge in [0.15, 0.2) is 16.5 Å². The normalized spacial score (nSPS) is 11.7. The number of benzene rings is 5. The van der Waals surface area contributed by atoms with Crippen LogP contribution < -0.4 is 5.30 Å². The number of nitrogens with zero attached hydrogens (tertiary/aromatic N) is 4. The number of nitroso groups, excluding NO2 is 1. The molecule has 0 saturated heterocycles. The summed E-state index contributed by atoms with van der Waals surface area (Å²) in [5.74, 6) is -7.85. The Morgan fingerprint density at radius 1 is 0.804 bits per heavy atom. The highest BCUT2D eigenvalue weighted by Crippen LogP contribution is 2.46. The summed E-state index contributed by atoms with van der Waals surface area (Å²) in [5, 5.41) is 21.7. The molecule has 0 aliphatic carbocycles. The van der Waals surface area contributed by atoms with Crippen molar-refractivity contribution >= 4 is 42.7 Å². The van der Waals surface area contributed by atoms with Gasteiger partial charge in [0.25, 0.3) is 6.43 Å². The summed E-state index contributed by atoms with van der Waals surface area (Å²) >= 11 is -2.30. The van der Waals surface area contributed by atoms with E-state index in [1.807, 2.05) is 26.6 Å². The van der Waals surface area contributed by atoms with Crippen LogP contribution >= 0.6 is 9.24 Å². The lowest BCUT2D eigenvalue weighted by Gasteiger charge is -2.18. The Balaban J connectivity index is 1.74. The highest BCUT2D eigenvalue weighted by atomic mass is 32.2. The molecule has 51 heavy (non-hydrogen) atoms. The number of fused-ring (bicyclic) bond motifs is 1. The Morgan fingerprint density at radius 2 is 1.43 bits per heavy atom. The van der Waals surface area contributed by atoms with E-state index >= 15 is 13.2 Å². The van der Waals surface area contributed by atoms with E-state index < -0.39 is 63.4 Å². The topological polar surface area (TPSA) is 122 Å². The Labute approximate surface area is 289 Å². The monoisotopic (exact) mass is 730 g/mol. The maximum atomic E-state index is 15.6. The molecule has 252 valence electrons. The number of alkyl halides is 2. The van der Waals surface area contributed by atoms with E-state index in [0.29, 0.717) is 0 Å². The summed E-state index contributed by atoms with van der Waals surface area (Å²) in [5.41, 5.74) is -2.57. The molecule has 1 amide bonds. The molecule has 0 spiro atoms. The number of hydrogen-bond donors (Lipinski definition) is 0. The minimum Gasteiger partial charge on any atom is -0.587 e. The second-order valence-corrected chi connectivity index (χ2v) is 12.7. The third kappa shape index (κ3) is 5.93. The minimum atomic E-state index is -2.82. The van der Waals surface area contributed by atoms with Crippen molar-refractivity contribution in [2.24, 2.45) is 5.18 Å². The van der Waals surface area contributed by atoms with Crippen LogP contribution in [0.4, 0.5) is 26.3 Å². The zero-order valence-corrected chi connectivity index (χ0v) is 27.4. The Bertz CT molecular complexity index is 2450. The summed E-state index contributed by atoms with van der Waals surface area (Å²) in [7, 11) is 1.85. The predicted molar refractivity (Wildman–Crippen MR) is 180 cm³/mol. The number of aromatic nitrogens is 1. The first kappa shape index (κ1) is 35.1. The molecule has 2 unspecified atom stereocenters. The fourth-order valence-corrected chi connectivity index (χ4v) is 7.50. The van der Waals surface area contributed by atoms with Crippen LogP contribution in [0.25, 0.3) is 44.4 Å². The fourth-order valence-electron chi connectivity index (χ4n) is 5.78. The highest BCUT2D eigenvalue weighted by molar-refractivity contribution is 7.90. The summed E-state index contributed by atoms with van der Waals surface area (Å²) in [6.07, 6.45) is -2.82. The molecule has 6 aromatic rings. The highest BCUT2D eigenvalue weighted by Gasteiger charge is 2.33. The first-order valence-electron chi connectivity index (χ1n) is 14.5. The average Bonchev–Trinajstić information content (AvgIpc) is 3.47. The fraction of sp³-hybridized carbons (Fsp3) is 0.0278. The quantitative estimate of drug-likeness (QED) is 0.0534. The van der Waals surface area contributed by atoms with Gasteiger partial charge in [-0.2, -0.15) is 14.5 Å². The number of halogens is 6. The van der Waals surface area contributed by atoms with Gasteiger partial charge in [0.1, 0.15) is 34.3 Å². The third-order valence-electron chi connectivity index (χ3n) is 8.02. The molecule has 0 radical (unpaired) electrons. The van der Waals surface area contributed by atoms with Crippen LogP contribution in [-0.2, 0) is 11.4 Å². The summed E-state index contributed by atoms with van der Waals surface area (Å²) in [4.78, 5) is 22.6. The molecular formula is C36H17F6N4O3PS. The number of carbonyl (C=O) groups excluding carboxylic acids is 1. The molecule has 2 atom stereocenters. The van der Waals surface area contributed by atoms with Gasteiger partial charge in [0.05, 0.1) is 28.8 Å². The van der Waals surface area contributed by atoms with E-state index in [2.05, 4.69) is 0 Å². The van der Waals surface area contributed by atoms with Crippen LogP contribution in [0, 0.1) is 50.8 Å². The van der Waals surface area contributed by atoms with Gasteiger partial charge in [-0.05, 0) is 66.2 Å². The zero-order valence-electron chi connectivity index (χ0n) is 25.4. The van der Waals surface area contributed by atoms with Crippen LogP contribution in [0.3, 0.4) is 0 Å². The van der Waals surface area contributed by atoms with Gasteiger partial charge in [-0.25, -0.2) is 26.3 Å². The molecule has 15 heteroatoms. The molecule has 0 aliphatic rings. The van der Waals surface area contributed by atoms with E-state index in [1.165, 1.54) is 64.6 Å². The standard InChI is InChI=1S/C36H17F6N4O3PS/c37-22-9-12-25-24(14-22)28(26-20(15-43)5-2-6-21(26)16-44)33(46(25)51(49)23-10-7-17(8-11-23)35(41)42)19-4-1-3-18(13-19)27-30(38)31(39)29(36(47)45-48)32(40)34(27)50/h1-14,35H,50H2. The van der Waals surface area contributed by atoms with Crippen molar-refractivity contribution in [2.75, 3.05) is 0 Å². The molecule has 0 fully saturated rings. The molecule has 0 N–H and O–H groups in total. The van der Waals surface area contributed by atoms with Crippen molar-refractivity contribution in [2.45, 2.75) is 11.3 Å². The molecule has 0 bridgehead atoms. The van der Waals surface area contributed by atoms with Crippen LogP contribution in [0.1, 0.15) is 33.5 Å². The van der Waals surface area contributed by atoms with Gasteiger partial charge in [-0.15, -0.1) is 14.1 Å². The summed E-state index contributed by atoms with van der Waals surface area (Å²) < 4.78 is 103. The van der Waals surface area contributed by atoms with Crippen molar-refractivity contribution in [1.29, 1.82) is 10.5 Å². The number of nitriles is 2. The van der Waals surface area contributed by atoms with Crippen molar-refractivity contribution in [3.8, 4) is 45.6 Å². The van der Waals surface area contributed by atoms with Crippen LogP contribution in [-0.4, -0.2) is 14.4 Å². The third-order valence-corrected chi connectivity index (χ3v) is 9.95. The number of rotatable bonds is 7. The number of amides is 1. The molecule has 1 aromatic heterocycles. The van der Waals surface area contributed by atoms with Crippen molar-refractivity contribution in [1.82, 2.24) is 3.97 Å². The van der Waals surface area contributed by atoms with Gasteiger partial charge in [0.2, 0.25) is 0 Å². The molecule has 7 nitrogen and oxygen atoms in total. The minimum absolute atomic E-state index is 0.0153. The van der Waals surface area contributed by atoms with E-state index in [4.69, 9.17) is 0 Å². The van der Waals surface area contributed by atoms with Gasteiger partial charge < -0.3 is 4.55 Å². The second kappa shape index (κ2) is 13.8. The maximum Gasteiger partial charge on any atom is 0.322 e. The first-order chi connectivity index (χ1) is 24.4. The molecule has 0 saturated carbocycles. The van der Waals surface area contributed by atoms with Crippen LogP contribution in [0.2, 0.25) is 0 Å². The SMILES string of the molecule is N#Cc1cccc(C#N)c1-c1c(-c2cccc(-c3c(F)c(F)c(C(=O)N=O)c(F)c3P)c2)n([S+]([O-])c2ccc(C(F)F)cc2)c2ccc(F)cc12. The molecule has 5 aromatic carbocycles. The lowest BCUT2D eigenvalue weighted by molar-refractivity contribution is 0.0992. The Kier molecular flexibility index (Phi) is 9.52. The van der Waals surface area contributed by atoms with Crippen molar-refractivity contribution in [3.63, 3.8) is 0 Å². The average molecular weight is 731 g/mol. The van der Waals surface area contributed by atoms with Gasteiger partial charge in [-0.3, -0.25) is 4.79 Å². The first-order valence-corrected chi connectivity index (χ1v) is 16.1. The van der Waals surface area contributed by atoms with E-state index in [-0.39, 0.29) is 60.4 Å². The number of hydrogen-bond acceptors (Lipinski definition) is 5. The lowest BCUT2D eigenvalue weighted by atomic mass is 9.90. The molecule has 6 rings (SSSR count). The summed E-state index contributed by atoms with van der Waals surface area (Å²) in [6, 6.07) is 21.6. The number of carbonyl (C=O) groups is 1. The largest absolute Gasteiger partial charge is 0.587 e. The van der Waals surface area contributed by atoms with Gasteiger partial charge in [0, 0.05) is 43.7 Å². The van der Waals surface area contributed by atoms with Gasteiger partial charge >= 0.3 is 5.91 Å². The Hall–Kier alpha value is -5.79. The molecular weight excluding hydrogens is 713 g/mol. The zero-order chi connectivity index (χ0) is 36.7. The van der Waals surface area contributed by atoms with E-state index in [0.717, 1.165) is 24.3 Å². The summed E-state index contributed by atoms with van der Waals surface area (Å²) in [6.45, 7) is 0. The van der Waals surface area contributed by atoms with Crippen LogP contribution in [0.5, 0.6) is 0 Å². The van der Waals surface area contributed by atoms with Crippen molar-refractivity contribution < 1.29 is 35.7 Å². The smallest absolute Gasteiger partial charge is 0.322 e. The van der Waals surface area contributed by atoms with Crippen LogP contribution in [0.15, 0.2) is 95.0 Å². The molecule has 1 heterocycles. The lowest BCUT2D eigenvalue weighted by Crippen LogP contribution is -2.17. The second-order valence-electron chi connectivity index (χ2n) is 10.8. The maximum absolute atomic E-state index is 15.6. The van der Waals surface area contributed by atoms with E-state index in [1.54, 1.807) is 0 Å².